The highest BCUT2D eigenvalue weighted by molar-refractivity contribution is 5.86. The van der Waals surface area contributed by atoms with E-state index in [2.05, 4.69) is 30.3 Å². The van der Waals surface area contributed by atoms with Gasteiger partial charge in [-0.1, -0.05) is 49.6 Å². The van der Waals surface area contributed by atoms with Crippen molar-refractivity contribution in [3.8, 4) is 0 Å². The van der Waals surface area contributed by atoms with E-state index in [1.165, 1.54) is 12.0 Å². The van der Waals surface area contributed by atoms with Crippen molar-refractivity contribution in [2.24, 2.45) is 5.73 Å². The number of hydrogen-bond donors (Lipinski definition) is 1. The van der Waals surface area contributed by atoms with Gasteiger partial charge in [-0.2, -0.15) is 0 Å². The van der Waals surface area contributed by atoms with Gasteiger partial charge in [0.25, 0.3) is 0 Å². The van der Waals surface area contributed by atoms with Crippen molar-refractivity contribution in [2.75, 3.05) is 13.1 Å². The summed E-state index contributed by atoms with van der Waals surface area (Å²) in [6.07, 6.45) is 7.28. The molecule has 1 amide bonds. The van der Waals surface area contributed by atoms with Crippen LogP contribution in [0.3, 0.4) is 0 Å². The summed E-state index contributed by atoms with van der Waals surface area (Å²) in [5.74, 6) is 0.795. The van der Waals surface area contributed by atoms with Gasteiger partial charge in [-0.25, -0.2) is 0 Å². The van der Waals surface area contributed by atoms with Crippen molar-refractivity contribution in [3.63, 3.8) is 0 Å². The lowest BCUT2D eigenvalue weighted by molar-refractivity contribution is -0.139. The molecule has 1 aliphatic carbocycles. The first-order valence-electron chi connectivity index (χ1n) is 8.32. The largest absolute Gasteiger partial charge is 0.341 e. The molecular formula is C18H27ClN2O. The number of nitrogens with zero attached hydrogens (tertiary/aromatic N) is 1. The van der Waals surface area contributed by atoms with Crippen molar-refractivity contribution in [2.45, 2.75) is 56.4 Å². The number of nitrogens with two attached hydrogens (primary N) is 1. The summed E-state index contributed by atoms with van der Waals surface area (Å²) >= 11 is 0. The van der Waals surface area contributed by atoms with Gasteiger partial charge in [0.05, 0.1) is 5.54 Å². The van der Waals surface area contributed by atoms with E-state index in [0.717, 1.165) is 51.6 Å². The van der Waals surface area contributed by atoms with Crippen molar-refractivity contribution in [1.29, 1.82) is 0 Å². The Morgan fingerprint density at radius 1 is 1.05 bits per heavy atom. The molecule has 1 aromatic rings. The minimum atomic E-state index is -0.572. The number of hydrogen-bond acceptors (Lipinski definition) is 2. The van der Waals surface area contributed by atoms with E-state index in [0.29, 0.717) is 5.92 Å². The van der Waals surface area contributed by atoms with Crippen LogP contribution in [0.5, 0.6) is 0 Å². The van der Waals surface area contributed by atoms with Crippen LogP contribution in [0.15, 0.2) is 30.3 Å². The van der Waals surface area contributed by atoms with Gasteiger partial charge >= 0.3 is 0 Å². The van der Waals surface area contributed by atoms with Crippen LogP contribution in [0, 0.1) is 0 Å². The fourth-order valence-electron chi connectivity index (χ4n) is 3.85. The van der Waals surface area contributed by atoms with Gasteiger partial charge in [0, 0.05) is 13.1 Å². The number of rotatable bonds is 2. The Hall–Kier alpha value is -1.06. The van der Waals surface area contributed by atoms with Crippen LogP contribution < -0.4 is 5.73 Å². The molecule has 122 valence electrons. The standard InChI is InChI=1S/C18H26N2O.ClH/c19-18(11-5-2-6-12-18)17(21)20-13-9-16(10-14-20)15-7-3-1-4-8-15;/h1,3-4,7-8,16H,2,5-6,9-14,19H2;1H. The maximum atomic E-state index is 12.7. The zero-order valence-electron chi connectivity index (χ0n) is 13.2. The lowest BCUT2D eigenvalue weighted by atomic mass is 9.80. The molecule has 1 aliphatic heterocycles. The molecule has 1 heterocycles. The molecule has 1 aromatic carbocycles. The molecule has 0 radical (unpaired) electrons. The van der Waals surface area contributed by atoms with Gasteiger partial charge in [-0.15, -0.1) is 12.4 Å². The molecule has 4 heteroatoms. The van der Waals surface area contributed by atoms with E-state index < -0.39 is 5.54 Å². The molecule has 0 unspecified atom stereocenters. The third-order valence-electron chi connectivity index (χ3n) is 5.22. The Morgan fingerprint density at radius 2 is 1.64 bits per heavy atom. The number of carbonyl (C=O) groups is 1. The molecule has 2 aliphatic rings. The van der Waals surface area contributed by atoms with E-state index in [1.54, 1.807) is 0 Å². The molecule has 2 N–H and O–H groups in total. The first-order chi connectivity index (χ1) is 10.2. The van der Waals surface area contributed by atoms with Crippen LogP contribution in [0.1, 0.15) is 56.4 Å². The minimum Gasteiger partial charge on any atom is -0.341 e. The second-order valence-electron chi connectivity index (χ2n) is 6.69. The molecule has 3 nitrogen and oxygen atoms in total. The summed E-state index contributed by atoms with van der Waals surface area (Å²) in [6, 6.07) is 10.7. The van der Waals surface area contributed by atoms with E-state index in [9.17, 15) is 4.79 Å². The maximum Gasteiger partial charge on any atom is 0.242 e. The third kappa shape index (κ3) is 3.64. The predicted octanol–water partition coefficient (Wildman–Crippen LogP) is 3.48. The summed E-state index contributed by atoms with van der Waals surface area (Å²) in [6.45, 7) is 1.72. The molecule has 3 rings (SSSR count). The number of piperidine rings is 1. The van der Waals surface area contributed by atoms with Crippen molar-refractivity contribution in [3.05, 3.63) is 35.9 Å². The minimum absolute atomic E-state index is 0. The average molecular weight is 323 g/mol. The van der Waals surface area contributed by atoms with Gasteiger partial charge in [0.2, 0.25) is 5.91 Å². The smallest absolute Gasteiger partial charge is 0.242 e. The van der Waals surface area contributed by atoms with Gasteiger partial charge in [-0.3, -0.25) is 4.79 Å². The Bertz CT molecular complexity index is 477. The second-order valence-corrected chi connectivity index (χ2v) is 6.69. The van der Waals surface area contributed by atoms with Gasteiger partial charge in [0.15, 0.2) is 0 Å². The fraction of sp³-hybridized carbons (Fsp3) is 0.611. The van der Waals surface area contributed by atoms with Gasteiger partial charge in [0.1, 0.15) is 0 Å². The van der Waals surface area contributed by atoms with Gasteiger partial charge < -0.3 is 10.6 Å². The normalized spacial score (nSPS) is 22.0. The predicted molar refractivity (Wildman–Crippen MR) is 92.2 cm³/mol. The summed E-state index contributed by atoms with van der Waals surface area (Å²) in [7, 11) is 0. The SMILES string of the molecule is Cl.NC1(C(=O)N2CCC(c3ccccc3)CC2)CCCCC1. The highest BCUT2D eigenvalue weighted by atomic mass is 35.5. The first-order valence-corrected chi connectivity index (χ1v) is 8.32. The molecule has 0 aromatic heterocycles. The highest BCUT2D eigenvalue weighted by Crippen LogP contribution is 2.32. The number of carbonyl (C=O) groups excluding carboxylic acids is 1. The molecular weight excluding hydrogens is 296 g/mol. The Labute approximate surface area is 139 Å². The number of benzene rings is 1. The van der Waals surface area contributed by atoms with Gasteiger partial charge in [-0.05, 0) is 37.2 Å². The molecule has 1 saturated carbocycles. The van der Waals surface area contributed by atoms with Crippen molar-refractivity contribution < 1.29 is 4.79 Å². The summed E-state index contributed by atoms with van der Waals surface area (Å²) in [5, 5.41) is 0. The van der Waals surface area contributed by atoms with Crippen LogP contribution in [-0.2, 0) is 4.79 Å². The lowest BCUT2D eigenvalue weighted by Crippen LogP contribution is -2.57. The number of amides is 1. The molecule has 2 fully saturated rings. The quantitative estimate of drug-likeness (QED) is 0.906. The van der Waals surface area contributed by atoms with Crippen LogP contribution in [0.4, 0.5) is 0 Å². The number of likely N-dealkylation sites (tertiary alicyclic amines) is 1. The van der Waals surface area contributed by atoms with Crippen molar-refractivity contribution in [1.82, 2.24) is 4.90 Å². The highest BCUT2D eigenvalue weighted by Gasteiger charge is 2.39. The van der Waals surface area contributed by atoms with E-state index in [1.807, 2.05) is 4.90 Å². The van der Waals surface area contributed by atoms with Crippen molar-refractivity contribution >= 4 is 18.3 Å². The lowest BCUT2D eigenvalue weighted by Gasteiger charge is -2.40. The zero-order valence-corrected chi connectivity index (χ0v) is 14.0. The van der Waals surface area contributed by atoms with Crippen LogP contribution in [0.25, 0.3) is 0 Å². The summed E-state index contributed by atoms with van der Waals surface area (Å²) in [5.41, 5.74) is 7.22. The topological polar surface area (TPSA) is 46.3 Å². The van der Waals surface area contributed by atoms with E-state index >= 15 is 0 Å². The Balaban J connectivity index is 0.00000176. The Morgan fingerprint density at radius 3 is 2.23 bits per heavy atom. The molecule has 1 saturated heterocycles. The molecule has 0 bridgehead atoms. The Kier molecular flexibility index (Phi) is 5.87. The average Bonchev–Trinajstić information content (AvgIpc) is 2.56. The molecule has 22 heavy (non-hydrogen) atoms. The fourth-order valence-corrected chi connectivity index (χ4v) is 3.85. The molecule has 0 atom stereocenters. The van der Waals surface area contributed by atoms with Crippen LogP contribution in [-0.4, -0.2) is 29.4 Å². The zero-order chi connectivity index (χ0) is 14.7. The summed E-state index contributed by atoms with van der Waals surface area (Å²) < 4.78 is 0. The molecule has 0 spiro atoms. The number of halogens is 1. The van der Waals surface area contributed by atoms with E-state index in [4.69, 9.17) is 5.73 Å². The monoisotopic (exact) mass is 322 g/mol. The summed E-state index contributed by atoms with van der Waals surface area (Å²) in [4.78, 5) is 14.7. The van der Waals surface area contributed by atoms with Crippen LogP contribution >= 0.6 is 12.4 Å². The maximum absolute atomic E-state index is 12.7. The third-order valence-corrected chi connectivity index (χ3v) is 5.22. The first kappa shape index (κ1) is 17.3. The van der Waals surface area contributed by atoms with E-state index in [-0.39, 0.29) is 18.3 Å². The van der Waals surface area contributed by atoms with Crippen LogP contribution in [0.2, 0.25) is 0 Å². The second kappa shape index (κ2) is 7.47.